The molecule has 0 saturated carbocycles. The zero-order chi connectivity index (χ0) is 16.3. The number of benzene rings is 2. The Balaban J connectivity index is 2.34. The van der Waals surface area contributed by atoms with Gasteiger partial charge in [-0.1, -0.05) is 30.3 Å². The van der Waals surface area contributed by atoms with Gasteiger partial charge in [0.1, 0.15) is 5.75 Å². The van der Waals surface area contributed by atoms with Gasteiger partial charge in [-0.15, -0.1) is 0 Å². The van der Waals surface area contributed by atoms with Crippen LogP contribution in [0.2, 0.25) is 0 Å². The van der Waals surface area contributed by atoms with Crippen LogP contribution >= 0.6 is 0 Å². The molecule has 1 N–H and O–H groups in total. The maximum absolute atomic E-state index is 12.6. The van der Waals surface area contributed by atoms with Crippen LogP contribution in [0.25, 0.3) is 0 Å². The van der Waals surface area contributed by atoms with Crippen molar-refractivity contribution in [3.63, 3.8) is 0 Å². The van der Waals surface area contributed by atoms with Crippen molar-refractivity contribution in [3.8, 4) is 5.75 Å². The van der Waals surface area contributed by atoms with Crippen LogP contribution in [0.5, 0.6) is 5.75 Å². The first-order chi connectivity index (χ1) is 10.4. The molecule has 0 aliphatic rings. The Kier molecular flexibility index (Phi) is 4.88. The van der Waals surface area contributed by atoms with Crippen molar-refractivity contribution in [2.24, 2.45) is 0 Å². The minimum atomic E-state index is -3.59. The largest absolute Gasteiger partial charge is 0.496 e. The molecule has 22 heavy (non-hydrogen) atoms. The summed E-state index contributed by atoms with van der Waals surface area (Å²) in [6, 6.07) is 12.5. The Morgan fingerprint density at radius 1 is 1.00 bits per heavy atom. The van der Waals surface area contributed by atoms with Gasteiger partial charge < -0.3 is 4.74 Å². The van der Waals surface area contributed by atoms with Crippen LogP contribution in [0.4, 0.5) is 0 Å². The van der Waals surface area contributed by atoms with Gasteiger partial charge in [0, 0.05) is 6.04 Å². The predicted molar refractivity (Wildman–Crippen MR) is 87.6 cm³/mol. The molecule has 0 aliphatic carbocycles. The number of nitrogens with one attached hydrogen (secondary N) is 1. The second kappa shape index (κ2) is 6.50. The summed E-state index contributed by atoms with van der Waals surface area (Å²) in [6.07, 6.45) is 0. The van der Waals surface area contributed by atoms with Crippen molar-refractivity contribution in [1.29, 1.82) is 0 Å². The molecule has 0 aromatic heterocycles. The zero-order valence-corrected chi connectivity index (χ0v) is 14.1. The van der Waals surface area contributed by atoms with Crippen molar-refractivity contribution in [3.05, 3.63) is 59.2 Å². The van der Waals surface area contributed by atoms with E-state index in [1.807, 2.05) is 44.2 Å². The van der Waals surface area contributed by atoms with E-state index < -0.39 is 10.0 Å². The quantitative estimate of drug-likeness (QED) is 0.919. The smallest absolute Gasteiger partial charge is 0.241 e. The van der Waals surface area contributed by atoms with Crippen LogP contribution in [0.15, 0.2) is 47.4 Å². The van der Waals surface area contributed by atoms with E-state index in [1.165, 1.54) is 0 Å². The van der Waals surface area contributed by atoms with E-state index in [9.17, 15) is 8.42 Å². The first-order valence-electron chi connectivity index (χ1n) is 7.08. The van der Waals surface area contributed by atoms with Gasteiger partial charge >= 0.3 is 0 Å². The average molecular weight is 319 g/mol. The lowest BCUT2D eigenvalue weighted by Crippen LogP contribution is -2.27. The Labute approximate surface area is 132 Å². The van der Waals surface area contributed by atoms with E-state index in [0.717, 1.165) is 11.1 Å². The van der Waals surface area contributed by atoms with Crippen molar-refractivity contribution in [2.75, 3.05) is 7.11 Å². The summed E-state index contributed by atoms with van der Waals surface area (Å²) >= 11 is 0. The van der Waals surface area contributed by atoms with Crippen LogP contribution in [0, 0.1) is 13.8 Å². The standard InChI is InChI=1S/C17H21NO3S/c1-12-13(2)17(11-10-16(12)21-4)22(19,20)18-14(3)15-8-6-5-7-9-15/h5-11,14,18H,1-4H3/t14-/m0/s1. The monoisotopic (exact) mass is 319 g/mol. The molecular formula is C17H21NO3S. The van der Waals surface area contributed by atoms with E-state index in [2.05, 4.69) is 4.72 Å². The highest BCUT2D eigenvalue weighted by atomic mass is 32.2. The molecule has 0 heterocycles. The van der Waals surface area contributed by atoms with Gasteiger partial charge in [-0.3, -0.25) is 0 Å². The van der Waals surface area contributed by atoms with Crippen molar-refractivity contribution in [2.45, 2.75) is 31.7 Å². The number of rotatable bonds is 5. The van der Waals surface area contributed by atoms with Crippen LogP contribution in [0.1, 0.15) is 29.7 Å². The number of ether oxygens (including phenoxy) is 1. The molecule has 0 radical (unpaired) electrons. The highest BCUT2D eigenvalue weighted by Crippen LogP contribution is 2.27. The molecule has 0 saturated heterocycles. The zero-order valence-electron chi connectivity index (χ0n) is 13.3. The average Bonchev–Trinajstić information content (AvgIpc) is 2.50. The molecule has 2 rings (SSSR count). The number of hydrogen-bond acceptors (Lipinski definition) is 3. The van der Waals surface area contributed by atoms with Gasteiger partial charge in [-0.2, -0.15) is 0 Å². The van der Waals surface area contributed by atoms with Gasteiger partial charge in [0.2, 0.25) is 10.0 Å². The molecule has 0 amide bonds. The SMILES string of the molecule is COc1ccc(S(=O)(=O)N[C@@H](C)c2ccccc2)c(C)c1C. The lowest BCUT2D eigenvalue weighted by atomic mass is 10.1. The van der Waals surface area contributed by atoms with Crippen LogP contribution in [-0.2, 0) is 10.0 Å². The third kappa shape index (κ3) is 3.31. The fourth-order valence-corrected chi connectivity index (χ4v) is 3.92. The molecule has 5 heteroatoms. The molecular weight excluding hydrogens is 298 g/mol. The van der Waals surface area contributed by atoms with Crippen molar-refractivity contribution >= 4 is 10.0 Å². The second-order valence-electron chi connectivity index (χ2n) is 5.27. The highest BCUT2D eigenvalue weighted by Gasteiger charge is 2.22. The summed E-state index contributed by atoms with van der Waals surface area (Å²) in [5, 5.41) is 0. The minimum absolute atomic E-state index is 0.286. The summed E-state index contributed by atoms with van der Waals surface area (Å²) in [6.45, 7) is 5.48. The summed E-state index contributed by atoms with van der Waals surface area (Å²) in [4.78, 5) is 0.286. The fourth-order valence-electron chi connectivity index (χ4n) is 2.39. The summed E-state index contributed by atoms with van der Waals surface area (Å²) < 4.78 is 33.2. The Morgan fingerprint density at radius 2 is 1.64 bits per heavy atom. The summed E-state index contributed by atoms with van der Waals surface area (Å²) in [5.74, 6) is 0.688. The van der Waals surface area contributed by atoms with Gasteiger partial charge in [0.15, 0.2) is 0 Å². The summed E-state index contributed by atoms with van der Waals surface area (Å²) in [7, 11) is -2.02. The second-order valence-corrected chi connectivity index (χ2v) is 6.95. The van der Waals surface area contributed by atoms with Crippen LogP contribution in [0.3, 0.4) is 0 Å². The molecule has 0 bridgehead atoms. The predicted octanol–water partition coefficient (Wildman–Crippen LogP) is 3.35. The number of hydrogen-bond donors (Lipinski definition) is 1. The normalized spacial score (nSPS) is 12.9. The molecule has 0 aliphatic heterocycles. The summed E-state index contributed by atoms with van der Waals surface area (Å²) in [5.41, 5.74) is 2.46. The van der Waals surface area contributed by atoms with Gasteiger partial charge in [-0.05, 0) is 49.6 Å². The Bertz CT molecular complexity index is 755. The molecule has 118 valence electrons. The Morgan fingerprint density at radius 3 is 2.23 bits per heavy atom. The lowest BCUT2D eigenvalue weighted by Gasteiger charge is -2.17. The lowest BCUT2D eigenvalue weighted by molar-refractivity contribution is 0.410. The topological polar surface area (TPSA) is 55.4 Å². The van der Waals surface area contributed by atoms with E-state index in [1.54, 1.807) is 26.2 Å². The molecule has 2 aromatic carbocycles. The highest BCUT2D eigenvalue weighted by molar-refractivity contribution is 7.89. The van der Waals surface area contributed by atoms with Gasteiger partial charge in [0.25, 0.3) is 0 Å². The molecule has 0 spiro atoms. The van der Waals surface area contributed by atoms with E-state index in [0.29, 0.717) is 11.3 Å². The van der Waals surface area contributed by atoms with Gasteiger partial charge in [-0.25, -0.2) is 13.1 Å². The third-order valence-corrected chi connectivity index (χ3v) is 5.51. The maximum Gasteiger partial charge on any atom is 0.241 e. The number of methoxy groups -OCH3 is 1. The first kappa shape index (κ1) is 16.5. The minimum Gasteiger partial charge on any atom is -0.496 e. The van der Waals surface area contributed by atoms with E-state index >= 15 is 0 Å². The molecule has 0 fully saturated rings. The molecule has 4 nitrogen and oxygen atoms in total. The number of sulfonamides is 1. The fraction of sp³-hybridized carbons (Fsp3) is 0.294. The van der Waals surface area contributed by atoms with Crippen LogP contribution < -0.4 is 9.46 Å². The van der Waals surface area contributed by atoms with E-state index in [4.69, 9.17) is 4.74 Å². The van der Waals surface area contributed by atoms with Crippen molar-refractivity contribution < 1.29 is 13.2 Å². The molecule has 1 atom stereocenters. The van der Waals surface area contributed by atoms with Crippen LogP contribution in [-0.4, -0.2) is 15.5 Å². The van der Waals surface area contributed by atoms with Gasteiger partial charge in [0.05, 0.1) is 12.0 Å². The van der Waals surface area contributed by atoms with E-state index in [-0.39, 0.29) is 10.9 Å². The molecule has 2 aromatic rings. The Hall–Kier alpha value is -1.85. The third-order valence-electron chi connectivity index (χ3n) is 3.83. The molecule has 0 unspecified atom stereocenters. The first-order valence-corrected chi connectivity index (χ1v) is 8.56. The van der Waals surface area contributed by atoms with Crippen molar-refractivity contribution in [1.82, 2.24) is 4.72 Å². The maximum atomic E-state index is 12.6.